The van der Waals surface area contributed by atoms with Crippen molar-refractivity contribution in [2.24, 2.45) is 0 Å². The highest BCUT2D eigenvalue weighted by molar-refractivity contribution is 6.22. The van der Waals surface area contributed by atoms with Crippen molar-refractivity contribution < 1.29 is 8.83 Å². The van der Waals surface area contributed by atoms with Gasteiger partial charge in [-0.25, -0.2) is 0 Å². The van der Waals surface area contributed by atoms with Crippen molar-refractivity contribution in [3.63, 3.8) is 0 Å². The van der Waals surface area contributed by atoms with E-state index in [4.69, 9.17) is 8.83 Å². The Kier molecular flexibility index (Phi) is 9.29. The Morgan fingerprint density at radius 3 is 1.47 bits per heavy atom. The highest BCUT2D eigenvalue weighted by Gasteiger charge is 2.44. The van der Waals surface area contributed by atoms with Crippen LogP contribution in [-0.2, 0) is 10.8 Å². The maximum absolute atomic E-state index is 6.90. The lowest BCUT2D eigenvalue weighted by atomic mass is 9.77. The molecule has 0 amide bonds. The van der Waals surface area contributed by atoms with E-state index in [0.717, 1.165) is 66.6 Å². The van der Waals surface area contributed by atoms with E-state index in [1.165, 1.54) is 99.7 Å². The molecule has 2 heterocycles. The van der Waals surface area contributed by atoms with E-state index in [9.17, 15) is 0 Å². The molecule has 0 bridgehead atoms. The Labute approximate surface area is 443 Å². The van der Waals surface area contributed by atoms with Crippen molar-refractivity contribution >= 4 is 99.5 Å². The molecule has 4 heteroatoms. The molecule has 0 radical (unpaired) electrons. The van der Waals surface area contributed by atoms with Gasteiger partial charge in [-0.1, -0.05) is 173 Å². The zero-order valence-corrected chi connectivity index (χ0v) is 44.2. The van der Waals surface area contributed by atoms with Crippen molar-refractivity contribution in [2.75, 3.05) is 9.80 Å². The summed E-state index contributed by atoms with van der Waals surface area (Å²) < 4.78 is 13.7. The molecular weight excluding hydrogens is 925 g/mol. The summed E-state index contributed by atoms with van der Waals surface area (Å²) in [6.07, 6.45) is 0. The molecular formula is C72H56N2O2. The average Bonchev–Trinajstić information content (AvgIpc) is 4.27. The second-order valence-electron chi connectivity index (χ2n) is 22.6. The van der Waals surface area contributed by atoms with Crippen LogP contribution < -0.4 is 9.80 Å². The molecule has 0 fully saturated rings. The van der Waals surface area contributed by atoms with E-state index in [1.54, 1.807) is 0 Å². The van der Waals surface area contributed by atoms with Gasteiger partial charge < -0.3 is 18.6 Å². The number of furan rings is 2. The number of fused-ring (bicyclic) bond motifs is 16. The molecule has 2 aromatic heterocycles. The fourth-order valence-corrected chi connectivity index (χ4v) is 13.8. The second-order valence-corrected chi connectivity index (χ2v) is 22.6. The first kappa shape index (κ1) is 44.6. The second kappa shape index (κ2) is 15.8. The largest absolute Gasteiger partial charge is 0.454 e. The molecule has 0 spiro atoms. The van der Waals surface area contributed by atoms with E-state index in [1.807, 2.05) is 0 Å². The monoisotopic (exact) mass is 980 g/mol. The number of para-hydroxylation sites is 6. The highest BCUT2D eigenvalue weighted by Crippen LogP contribution is 2.61. The lowest BCUT2D eigenvalue weighted by Crippen LogP contribution is -2.20. The molecule has 0 N–H and O–H groups in total. The lowest BCUT2D eigenvalue weighted by Gasteiger charge is -2.32. The van der Waals surface area contributed by atoms with Gasteiger partial charge in [0.1, 0.15) is 11.2 Å². The van der Waals surface area contributed by atoms with Crippen molar-refractivity contribution in [3.8, 4) is 22.3 Å². The summed E-state index contributed by atoms with van der Waals surface area (Å²) in [6.45, 7) is 18.7. The summed E-state index contributed by atoms with van der Waals surface area (Å²) >= 11 is 0. The standard InChI is InChI=1S/C72H56N2O2/c1-41-19-15-20-42(2)67(41)73(60-29-17-27-51-49-25-11-13-31-63(49)75-69(51)60)46-34-36-48-54-38-55-58(39-57(54)71(5,6)56(48)37-46)72(7,8)59-40-62(53-35-33-45-23-9-10-24-47(45)65(53)66(55)59)74(68-43(3)21-16-22-44(68)4)61-30-18-28-52-50-26-12-14-32-64(50)76-70(52)61/h9-40H,1-8H3. The van der Waals surface area contributed by atoms with Crippen LogP contribution in [-0.4, -0.2) is 0 Å². The number of nitrogens with zero attached hydrogens (tertiary/aromatic N) is 2. The van der Waals surface area contributed by atoms with Gasteiger partial charge in [0.2, 0.25) is 0 Å². The predicted molar refractivity (Wildman–Crippen MR) is 319 cm³/mol. The van der Waals surface area contributed by atoms with Crippen molar-refractivity contribution in [3.05, 3.63) is 239 Å². The molecule has 0 unspecified atom stereocenters. The summed E-state index contributed by atoms with van der Waals surface area (Å²) in [5.74, 6) is 0. The topological polar surface area (TPSA) is 32.8 Å². The minimum Gasteiger partial charge on any atom is -0.454 e. The molecule has 0 atom stereocenters. The van der Waals surface area contributed by atoms with Gasteiger partial charge in [-0.3, -0.25) is 0 Å². The summed E-state index contributed by atoms with van der Waals surface area (Å²) in [5.41, 5.74) is 25.0. The molecule has 0 saturated heterocycles. The quantitative estimate of drug-likeness (QED) is 0.155. The SMILES string of the molecule is Cc1cccc(C)c1N(c1ccc2c(c1)C(C)(C)c1cc3c(cc1-2)-c1c(cc(N(c2c(C)cccc2C)c2cccc4c2oc2ccccc24)c2ccc4ccccc4c12)C3(C)C)c1cccc2c1oc1ccccc12. The number of aryl methyl sites for hydroxylation is 4. The summed E-state index contributed by atoms with van der Waals surface area (Å²) in [4.78, 5) is 4.96. The predicted octanol–water partition coefficient (Wildman–Crippen LogP) is 20.6. The van der Waals surface area contributed by atoms with Crippen LogP contribution in [0.3, 0.4) is 0 Å². The average molecular weight is 981 g/mol. The van der Waals surface area contributed by atoms with Crippen LogP contribution in [0.15, 0.2) is 203 Å². The first-order valence-electron chi connectivity index (χ1n) is 26.7. The van der Waals surface area contributed by atoms with E-state index in [0.29, 0.717) is 0 Å². The molecule has 76 heavy (non-hydrogen) atoms. The molecule has 366 valence electrons. The molecule has 15 rings (SSSR count). The summed E-state index contributed by atoms with van der Waals surface area (Å²) in [6, 6.07) is 71.8. The molecule has 2 aliphatic rings. The van der Waals surface area contributed by atoms with Gasteiger partial charge in [0.25, 0.3) is 0 Å². The van der Waals surface area contributed by atoms with Crippen molar-refractivity contribution in [2.45, 2.75) is 66.2 Å². The number of rotatable bonds is 6. The van der Waals surface area contributed by atoms with Crippen LogP contribution in [0.5, 0.6) is 0 Å². The number of anilines is 6. The van der Waals surface area contributed by atoms with Crippen LogP contribution in [0, 0.1) is 27.7 Å². The highest BCUT2D eigenvalue weighted by atomic mass is 16.3. The Hall–Kier alpha value is -8.86. The molecule has 2 aliphatic carbocycles. The van der Waals surface area contributed by atoms with Crippen LogP contribution in [0.2, 0.25) is 0 Å². The van der Waals surface area contributed by atoms with E-state index in [-0.39, 0.29) is 10.8 Å². The third kappa shape index (κ3) is 6.07. The van der Waals surface area contributed by atoms with Crippen LogP contribution >= 0.6 is 0 Å². The van der Waals surface area contributed by atoms with Gasteiger partial charge in [0, 0.05) is 43.4 Å². The lowest BCUT2D eigenvalue weighted by molar-refractivity contribution is 0.639. The smallest absolute Gasteiger partial charge is 0.159 e. The van der Waals surface area contributed by atoms with Crippen molar-refractivity contribution in [1.82, 2.24) is 0 Å². The van der Waals surface area contributed by atoms with Gasteiger partial charge >= 0.3 is 0 Å². The minimum absolute atomic E-state index is 0.303. The number of hydrogen-bond donors (Lipinski definition) is 0. The minimum atomic E-state index is -0.349. The molecule has 13 aromatic rings. The van der Waals surface area contributed by atoms with Crippen LogP contribution in [0.25, 0.3) is 87.7 Å². The molecule has 11 aromatic carbocycles. The van der Waals surface area contributed by atoms with Gasteiger partial charge in [-0.15, -0.1) is 0 Å². The zero-order chi connectivity index (χ0) is 51.5. The first-order valence-corrected chi connectivity index (χ1v) is 26.7. The van der Waals surface area contributed by atoms with E-state index < -0.39 is 0 Å². The fourth-order valence-electron chi connectivity index (χ4n) is 13.8. The van der Waals surface area contributed by atoms with Gasteiger partial charge in [-0.2, -0.15) is 0 Å². The normalized spacial score (nSPS) is 14.0. The number of hydrogen-bond acceptors (Lipinski definition) is 4. The zero-order valence-electron chi connectivity index (χ0n) is 44.2. The van der Waals surface area contributed by atoms with E-state index >= 15 is 0 Å². The summed E-state index contributed by atoms with van der Waals surface area (Å²) in [7, 11) is 0. The molecule has 0 aliphatic heterocycles. The molecule has 0 saturated carbocycles. The van der Waals surface area contributed by atoms with Crippen LogP contribution in [0.1, 0.15) is 72.2 Å². The van der Waals surface area contributed by atoms with E-state index in [2.05, 4.69) is 259 Å². The third-order valence-electron chi connectivity index (χ3n) is 17.5. The van der Waals surface area contributed by atoms with Crippen molar-refractivity contribution in [1.29, 1.82) is 0 Å². The van der Waals surface area contributed by atoms with Gasteiger partial charge in [0.05, 0.1) is 28.4 Å². The number of benzene rings is 11. The third-order valence-corrected chi connectivity index (χ3v) is 17.5. The first-order chi connectivity index (χ1) is 36.9. The van der Waals surface area contributed by atoms with Crippen LogP contribution in [0.4, 0.5) is 34.1 Å². The summed E-state index contributed by atoms with van der Waals surface area (Å²) in [5, 5.41) is 9.43. The Bertz CT molecular complexity index is 4620. The maximum atomic E-state index is 6.90. The van der Waals surface area contributed by atoms with Gasteiger partial charge in [0.15, 0.2) is 11.2 Å². The Morgan fingerprint density at radius 2 is 0.842 bits per heavy atom. The Balaban J connectivity index is 0.965. The fraction of sp³-hybridized carbons (Fsp3) is 0.139. The van der Waals surface area contributed by atoms with Gasteiger partial charge in [-0.05, 0) is 159 Å². The maximum Gasteiger partial charge on any atom is 0.159 e. The Morgan fingerprint density at radius 1 is 0.342 bits per heavy atom. The molecule has 4 nitrogen and oxygen atoms in total.